The van der Waals surface area contributed by atoms with Crippen molar-refractivity contribution in [1.29, 1.82) is 0 Å². The largest absolute Gasteiger partial charge is 0.464 e. The lowest BCUT2D eigenvalue weighted by Crippen LogP contribution is -2.31. The van der Waals surface area contributed by atoms with Crippen LogP contribution in [0.25, 0.3) is 0 Å². The lowest BCUT2D eigenvalue weighted by molar-refractivity contribution is -0.142. The Morgan fingerprint density at radius 3 is 1.90 bits per heavy atom. The minimum atomic E-state index is -1.72. The molecule has 0 unspecified atom stereocenters. The van der Waals surface area contributed by atoms with Gasteiger partial charge in [-0.1, -0.05) is 77.6 Å². The van der Waals surface area contributed by atoms with E-state index in [2.05, 4.69) is 12.2 Å². The van der Waals surface area contributed by atoms with Gasteiger partial charge in [-0.05, 0) is 18.6 Å². The molecular weight excluding hydrogens is 395 g/mol. The molecular formula is C23H34F3NO3. The third-order valence-electron chi connectivity index (χ3n) is 4.93. The smallest absolute Gasteiger partial charge is 0.325 e. The number of nitrogens with one attached hydrogen (secondary N) is 1. The molecule has 0 saturated carbocycles. The van der Waals surface area contributed by atoms with E-state index in [0.717, 1.165) is 25.3 Å². The zero-order valence-electron chi connectivity index (χ0n) is 17.9. The van der Waals surface area contributed by atoms with Gasteiger partial charge in [0.1, 0.15) is 6.54 Å². The van der Waals surface area contributed by atoms with Gasteiger partial charge in [0.05, 0.1) is 12.2 Å². The highest BCUT2D eigenvalue weighted by Crippen LogP contribution is 2.15. The molecule has 170 valence electrons. The zero-order valence-corrected chi connectivity index (χ0v) is 17.9. The predicted molar refractivity (Wildman–Crippen MR) is 111 cm³/mol. The molecule has 0 aromatic heterocycles. The summed E-state index contributed by atoms with van der Waals surface area (Å²) in [7, 11) is 0. The van der Waals surface area contributed by atoms with Crippen LogP contribution in [-0.2, 0) is 9.53 Å². The first kappa shape index (κ1) is 26.0. The summed E-state index contributed by atoms with van der Waals surface area (Å²) in [5, 5.41) is 2.14. The minimum Gasteiger partial charge on any atom is -0.464 e. The number of esters is 1. The number of ether oxygens (including phenoxy) is 1. The highest BCUT2D eigenvalue weighted by molar-refractivity contribution is 5.96. The molecule has 0 spiro atoms. The highest BCUT2D eigenvalue weighted by atomic mass is 19.2. The molecule has 1 N–H and O–H groups in total. The number of halogens is 3. The summed E-state index contributed by atoms with van der Waals surface area (Å²) < 4.78 is 44.6. The third-order valence-corrected chi connectivity index (χ3v) is 4.93. The number of hydrogen-bond donors (Lipinski definition) is 1. The Hall–Kier alpha value is -2.05. The second kappa shape index (κ2) is 15.7. The van der Waals surface area contributed by atoms with Crippen molar-refractivity contribution in [1.82, 2.24) is 5.32 Å². The third kappa shape index (κ3) is 10.6. The molecule has 0 bridgehead atoms. The van der Waals surface area contributed by atoms with Gasteiger partial charge in [-0.2, -0.15) is 0 Å². The second-order valence-corrected chi connectivity index (χ2v) is 7.52. The topological polar surface area (TPSA) is 55.4 Å². The lowest BCUT2D eigenvalue weighted by atomic mass is 10.1. The van der Waals surface area contributed by atoms with Crippen molar-refractivity contribution < 1.29 is 27.5 Å². The number of carbonyl (C=O) groups excluding carboxylic acids is 2. The van der Waals surface area contributed by atoms with E-state index in [1.807, 2.05) is 0 Å². The van der Waals surface area contributed by atoms with Gasteiger partial charge < -0.3 is 10.1 Å². The quantitative estimate of drug-likeness (QED) is 0.197. The van der Waals surface area contributed by atoms with E-state index >= 15 is 0 Å². The maximum atomic E-state index is 13.5. The summed E-state index contributed by atoms with van der Waals surface area (Å²) >= 11 is 0. The van der Waals surface area contributed by atoms with Crippen molar-refractivity contribution in [2.75, 3.05) is 13.2 Å². The highest BCUT2D eigenvalue weighted by Gasteiger charge is 2.19. The van der Waals surface area contributed by atoms with Crippen LogP contribution in [0.15, 0.2) is 12.1 Å². The molecule has 0 saturated heterocycles. The van der Waals surface area contributed by atoms with E-state index in [9.17, 15) is 22.8 Å². The van der Waals surface area contributed by atoms with Crippen molar-refractivity contribution in [3.05, 3.63) is 35.1 Å². The molecule has 30 heavy (non-hydrogen) atoms. The first-order valence-electron chi connectivity index (χ1n) is 11.0. The molecule has 0 aliphatic rings. The van der Waals surface area contributed by atoms with Gasteiger partial charge in [-0.15, -0.1) is 0 Å². The first-order chi connectivity index (χ1) is 14.5. The maximum absolute atomic E-state index is 13.5. The molecule has 1 amide bonds. The summed E-state index contributed by atoms with van der Waals surface area (Å²) in [6, 6.07) is 1.47. The van der Waals surface area contributed by atoms with Crippen molar-refractivity contribution in [3.8, 4) is 0 Å². The number of carbonyl (C=O) groups is 2. The Balaban J connectivity index is 2.01. The molecule has 4 nitrogen and oxygen atoms in total. The van der Waals surface area contributed by atoms with Crippen molar-refractivity contribution >= 4 is 11.9 Å². The Labute approximate surface area is 177 Å². The van der Waals surface area contributed by atoms with Gasteiger partial charge in [0.2, 0.25) is 0 Å². The Bertz CT molecular complexity index is 653. The zero-order chi connectivity index (χ0) is 22.2. The van der Waals surface area contributed by atoms with Crippen molar-refractivity contribution in [2.45, 2.75) is 84.0 Å². The van der Waals surface area contributed by atoms with Gasteiger partial charge in [0, 0.05) is 0 Å². The van der Waals surface area contributed by atoms with Crippen LogP contribution < -0.4 is 5.32 Å². The van der Waals surface area contributed by atoms with E-state index in [-0.39, 0.29) is 6.61 Å². The van der Waals surface area contributed by atoms with Crippen LogP contribution in [0.4, 0.5) is 13.2 Å². The molecule has 0 heterocycles. The predicted octanol–water partition coefficient (Wildman–Crippen LogP) is 6.08. The van der Waals surface area contributed by atoms with Gasteiger partial charge in [0.25, 0.3) is 5.91 Å². The van der Waals surface area contributed by atoms with Crippen LogP contribution in [0.5, 0.6) is 0 Å². The molecule has 0 radical (unpaired) electrons. The second-order valence-electron chi connectivity index (χ2n) is 7.52. The number of rotatable bonds is 16. The van der Waals surface area contributed by atoms with Crippen molar-refractivity contribution in [3.63, 3.8) is 0 Å². The van der Waals surface area contributed by atoms with Crippen LogP contribution in [0.2, 0.25) is 0 Å². The normalized spacial score (nSPS) is 10.8. The SMILES string of the molecule is CCCCCCCCCCCCCCOC(=O)CNC(=O)c1ccc(F)c(F)c1F. The number of amides is 1. The fourth-order valence-electron chi connectivity index (χ4n) is 3.13. The fraction of sp³-hybridized carbons (Fsp3) is 0.652. The monoisotopic (exact) mass is 429 g/mol. The lowest BCUT2D eigenvalue weighted by Gasteiger charge is -2.08. The fourth-order valence-corrected chi connectivity index (χ4v) is 3.13. The first-order valence-corrected chi connectivity index (χ1v) is 11.0. The van der Waals surface area contributed by atoms with Crippen LogP contribution in [0, 0.1) is 17.5 Å². The van der Waals surface area contributed by atoms with Crippen molar-refractivity contribution in [2.24, 2.45) is 0 Å². The van der Waals surface area contributed by atoms with E-state index in [1.165, 1.54) is 57.8 Å². The van der Waals surface area contributed by atoms with Crippen LogP contribution >= 0.6 is 0 Å². The van der Waals surface area contributed by atoms with Crippen LogP contribution in [0.3, 0.4) is 0 Å². The van der Waals surface area contributed by atoms with E-state index in [4.69, 9.17) is 4.74 Å². The molecule has 7 heteroatoms. The molecule has 0 aliphatic carbocycles. The number of benzene rings is 1. The van der Waals surface area contributed by atoms with Gasteiger partial charge >= 0.3 is 5.97 Å². The molecule has 0 fully saturated rings. The van der Waals surface area contributed by atoms with Gasteiger partial charge in [-0.3, -0.25) is 9.59 Å². The van der Waals surface area contributed by atoms with E-state index < -0.39 is 41.4 Å². The minimum absolute atomic E-state index is 0.256. The van der Waals surface area contributed by atoms with Gasteiger partial charge in [0.15, 0.2) is 17.5 Å². The van der Waals surface area contributed by atoms with E-state index in [0.29, 0.717) is 6.07 Å². The summed E-state index contributed by atoms with van der Waals surface area (Å²) in [6.45, 7) is 2.02. The number of unbranched alkanes of at least 4 members (excludes halogenated alkanes) is 11. The molecule has 1 aromatic carbocycles. The van der Waals surface area contributed by atoms with Gasteiger partial charge in [-0.25, -0.2) is 13.2 Å². The average Bonchev–Trinajstić information content (AvgIpc) is 2.73. The Kier molecular flexibility index (Phi) is 13.6. The summed E-state index contributed by atoms with van der Waals surface area (Å²) in [5.41, 5.74) is -0.664. The Morgan fingerprint density at radius 1 is 0.800 bits per heavy atom. The average molecular weight is 430 g/mol. The maximum Gasteiger partial charge on any atom is 0.325 e. The summed E-state index contributed by atoms with van der Waals surface area (Å²) in [6.07, 6.45) is 14.4. The summed E-state index contributed by atoms with van der Waals surface area (Å²) in [5.74, 6) is -6.36. The van der Waals surface area contributed by atoms with Crippen LogP contribution in [-0.4, -0.2) is 25.0 Å². The molecule has 1 aromatic rings. The van der Waals surface area contributed by atoms with Crippen LogP contribution in [0.1, 0.15) is 94.3 Å². The molecule has 1 rings (SSSR count). The molecule has 0 aliphatic heterocycles. The Morgan fingerprint density at radius 2 is 1.33 bits per heavy atom. The number of hydrogen-bond acceptors (Lipinski definition) is 3. The summed E-state index contributed by atoms with van der Waals surface area (Å²) in [4.78, 5) is 23.4. The molecule has 0 atom stereocenters. The standard InChI is InChI=1S/C23H34F3NO3/c1-2-3-4-5-6-7-8-9-10-11-12-13-16-30-20(28)17-27-23(29)18-14-15-19(24)22(26)21(18)25/h14-15H,2-13,16-17H2,1H3,(H,27,29). The van der Waals surface area contributed by atoms with E-state index in [1.54, 1.807) is 0 Å².